The Morgan fingerprint density at radius 3 is 2.84 bits per heavy atom. The highest BCUT2D eigenvalue weighted by Gasteiger charge is 2.19. The van der Waals surface area contributed by atoms with E-state index >= 15 is 0 Å². The molecule has 0 atom stereocenters. The number of carbonyl (C=O) groups is 1. The van der Waals surface area contributed by atoms with E-state index < -0.39 is 0 Å². The summed E-state index contributed by atoms with van der Waals surface area (Å²) in [6.07, 6.45) is 0. The van der Waals surface area contributed by atoms with Crippen molar-refractivity contribution in [3.8, 4) is 11.5 Å². The minimum Gasteiger partial charge on any atom is -0.454 e. The van der Waals surface area contributed by atoms with E-state index in [0.29, 0.717) is 29.3 Å². The van der Waals surface area contributed by atoms with E-state index in [1.807, 2.05) is 25.5 Å². The molecule has 0 radical (unpaired) electrons. The molecule has 1 aliphatic rings. The normalized spacial score (nSPS) is 12.6. The zero-order valence-electron chi connectivity index (χ0n) is 14.3. The summed E-state index contributed by atoms with van der Waals surface area (Å²) in [6.45, 7) is 6.67. The minimum atomic E-state index is -0.201. The first-order valence-corrected chi connectivity index (χ1v) is 8.12. The van der Waals surface area contributed by atoms with Gasteiger partial charge in [-0.1, -0.05) is 0 Å². The summed E-state index contributed by atoms with van der Waals surface area (Å²) in [5, 5.41) is 8.19. The van der Waals surface area contributed by atoms with Crippen molar-refractivity contribution in [2.75, 3.05) is 12.1 Å². The summed E-state index contributed by atoms with van der Waals surface area (Å²) in [5.74, 6) is 1.11. The average molecular weight is 338 g/mol. The summed E-state index contributed by atoms with van der Waals surface area (Å²) >= 11 is 0. The molecule has 3 aromatic rings. The number of hydrogen-bond acceptors (Lipinski definition) is 5. The van der Waals surface area contributed by atoms with Gasteiger partial charge in [-0.05, 0) is 39.0 Å². The lowest BCUT2D eigenvalue weighted by Crippen LogP contribution is -2.13. The molecule has 7 heteroatoms. The van der Waals surface area contributed by atoms with E-state index in [0.717, 1.165) is 22.4 Å². The van der Waals surface area contributed by atoms with Crippen molar-refractivity contribution in [1.82, 2.24) is 14.8 Å². The van der Waals surface area contributed by atoms with Crippen LogP contribution in [0.2, 0.25) is 0 Å². The first-order chi connectivity index (χ1) is 12.1. The number of carbonyl (C=O) groups excluding carboxylic acids is 1. The summed E-state index contributed by atoms with van der Waals surface area (Å²) in [4.78, 5) is 17.4. The van der Waals surface area contributed by atoms with Crippen molar-refractivity contribution in [2.45, 2.75) is 27.3 Å². The van der Waals surface area contributed by atoms with E-state index in [-0.39, 0.29) is 12.7 Å². The molecule has 0 unspecified atom stereocenters. The van der Waals surface area contributed by atoms with Gasteiger partial charge in [0.1, 0.15) is 0 Å². The predicted molar refractivity (Wildman–Crippen MR) is 93.2 cm³/mol. The van der Waals surface area contributed by atoms with E-state index in [4.69, 9.17) is 9.47 Å². The van der Waals surface area contributed by atoms with Crippen LogP contribution in [0.5, 0.6) is 11.5 Å². The molecule has 128 valence electrons. The lowest BCUT2D eigenvalue weighted by Gasteiger charge is -2.09. The van der Waals surface area contributed by atoms with Gasteiger partial charge in [0.2, 0.25) is 6.79 Å². The lowest BCUT2D eigenvalue weighted by atomic mass is 10.1. The molecule has 25 heavy (non-hydrogen) atoms. The monoisotopic (exact) mass is 338 g/mol. The van der Waals surface area contributed by atoms with Gasteiger partial charge in [-0.25, -0.2) is 9.67 Å². The van der Waals surface area contributed by atoms with Crippen molar-refractivity contribution in [3.05, 3.63) is 41.2 Å². The third-order valence-electron chi connectivity index (χ3n) is 4.18. The van der Waals surface area contributed by atoms with Gasteiger partial charge >= 0.3 is 0 Å². The molecule has 0 bridgehead atoms. The molecule has 0 spiro atoms. The zero-order chi connectivity index (χ0) is 17.6. The van der Waals surface area contributed by atoms with E-state index in [1.165, 1.54) is 0 Å². The first kappa shape index (κ1) is 15.4. The Morgan fingerprint density at radius 1 is 1.24 bits per heavy atom. The van der Waals surface area contributed by atoms with Crippen LogP contribution in [0.1, 0.15) is 28.7 Å². The van der Waals surface area contributed by atoms with Crippen LogP contribution in [0, 0.1) is 13.8 Å². The summed E-state index contributed by atoms with van der Waals surface area (Å²) in [5.41, 5.74) is 3.52. The van der Waals surface area contributed by atoms with Crippen LogP contribution in [-0.2, 0) is 6.54 Å². The Morgan fingerprint density at radius 2 is 2.04 bits per heavy atom. The van der Waals surface area contributed by atoms with Gasteiger partial charge in [0.15, 0.2) is 17.1 Å². The number of pyridine rings is 1. The van der Waals surface area contributed by atoms with Crippen LogP contribution in [0.15, 0.2) is 24.3 Å². The van der Waals surface area contributed by atoms with Crippen molar-refractivity contribution in [3.63, 3.8) is 0 Å². The largest absolute Gasteiger partial charge is 0.454 e. The molecule has 2 aromatic heterocycles. The Hall–Kier alpha value is -3.09. The second-order valence-corrected chi connectivity index (χ2v) is 5.93. The minimum absolute atomic E-state index is 0.201. The van der Waals surface area contributed by atoms with Gasteiger partial charge in [-0.15, -0.1) is 0 Å². The average Bonchev–Trinajstić information content (AvgIpc) is 3.18. The molecular formula is C18H18N4O3. The smallest absolute Gasteiger partial charge is 0.256 e. The fraction of sp³-hybridized carbons (Fsp3) is 0.278. The van der Waals surface area contributed by atoms with Gasteiger partial charge < -0.3 is 14.8 Å². The van der Waals surface area contributed by atoms with Crippen LogP contribution in [0.3, 0.4) is 0 Å². The number of anilines is 1. The molecule has 7 nitrogen and oxygen atoms in total. The number of ether oxygens (including phenoxy) is 2. The molecule has 0 fully saturated rings. The van der Waals surface area contributed by atoms with Crippen LogP contribution >= 0.6 is 0 Å². The van der Waals surface area contributed by atoms with Crippen molar-refractivity contribution in [1.29, 1.82) is 0 Å². The number of nitrogens with zero attached hydrogens (tertiary/aromatic N) is 3. The number of aromatic nitrogens is 3. The van der Waals surface area contributed by atoms with E-state index in [9.17, 15) is 4.79 Å². The highest BCUT2D eigenvalue weighted by molar-refractivity contribution is 6.12. The third kappa shape index (κ3) is 2.57. The molecule has 4 rings (SSSR count). The number of benzene rings is 1. The Kier molecular flexibility index (Phi) is 3.56. The molecule has 0 saturated heterocycles. The Bertz CT molecular complexity index is 994. The van der Waals surface area contributed by atoms with Gasteiger partial charge in [0, 0.05) is 24.0 Å². The zero-order valence-corrected chi connectivity index (χ0v) is 14.3. The maximum absolute atomic E-state index is 12.9. The second kappa shape index (κ2) is 5.77. The molecular weight excluding hydrogens is 320 g/mol. The number of nitrogens with one attached hydrogen (secondary N) is 1. The SMILES string of the molecule is CCn1nc(C)c2c(C(=O)Nc3ccc4c(c3)OCO4)cc(C)nc21. The molecule has 1 aliphatic heterocycles. The maximum atomic E-state index is 12.9. The molecule has 0 aliphatic carbocycles. The third-order valence-corrected chi connectivity index (χ3v) is 4.18. The molecule has 0 saturated carbocycles. The maximum Gasteiger partial charge on any atom is 0.256 e. The Labute approximate surface area is 144 Å². The first-order valence-electron chi connectivity index (χ1n) is 8.12. The van der Waals surface area contributed by atoms with Gasteiger partial charge in [-0.2, -0.15) is 5.10 Å². The molecule has 1 amide bonds. The fourth-order valence-electron chi connectivity index (χ4n) is 3.05. The fourth-order valence-corrected chi connectivity index (χ4v) is 3.05. The van der Waals surface area contributed by atoms with Crippen molar-refractivity contribution >= 4 is 22.6 Å². The van der Waals surface area contributed by atoms with E-state index in [2.05, 4.69) is 15.4 Å². The number of fused-ring (bicyclic) bond motifs is 2. The van der Waals surface area contributed by atoms with Crippen LogP contribution < -0.4 is 14.8 Å². The molecule has 1 N–H and O–H groups in total. The number of hydrogen-bond donors (Lipinski definition) is 1. The molecule has 1 aromatic carbocycles. The van der Waals surface area contributed by atoms with Crippen LogP contribution in [0.25, 0.3) is 11.0 Å². The Balaban J connectivity index is 1.74. The van der Waals surface area contributed by atoms with E-state index in [1.54, 1.807) is 24.3 Å². The summed E-state index contributed by atoms with van der Waals surface area (Å²) < 4.78 is 12.5. The second-order valence-electron chi connectivity index (χ2n) is 5.93. The van der Waals surface area contributed by atoms with Gasteiger partial charge in [0.25, 0.3) is 5.91 Å². The van der Waals surface area contributed by atoms with Gasteiger partial charge in [0.05, 0.1) is 16.6 Å². The molecule has 3 heterocycles. The summed E-state index contributed by atoms with van der Waals surface area (Å²) in [7, 11) is 0. The van der Waals surface area contributed by atoms with Crippen LogP contribution in [0.4, 0.5) is 5.69 Å². The number of amides is 1. The highest BCUT2D eigenvalue weighted by atomic mass is 16.7. The van der Waals surface area contributed by atoms with Crippen LogP contribution in [-0.4, -0.2) is 27.5 Å². The highest BCUT2D eigenvalue weighted by Crippen LogP contribution is 2.34. The lowest BCUT2D eigenvalue weighted by molar-refractivity contribution is 0.102. The number of aryl methyl sites for hydroxylation is 3. The van der Waals surface area contributed by atoms with Crippen molar-refractivity contribution < 1.29 is 14.3 Å². The quantitative estimate of drug-likeness (QED) is 0.794. The summed E-state index contributed by atoms with van der Waals surface area (Å²) in [6, 6.07) is 7.12. The van der Waals surface area contributed by atoms with Gasteiger partial charge in [-0.3, -0.25) is 4.79 Å². The van der Waals surface area contributed by atoms with Crippen molar-refractivity contribution in [2.24, 2.45) is 0 Å². The topological polar surface area (TPSA) is 78.3 Å². The predicted octanol–water partition coefficient (Wildman–Crippen LogP) is 3.05. The number of rotatable bonds is 3. The standard InChI is InChI=1S/C18H18N4O3/c1-4-22-17-16(11(3)21-22)13(7-10(2)19-17)18(23)20-12-5-6-14-15(8-12)25-9-24-14/h5-8H,4,9H2,1-3H3,(H,20,23).